The first-order chi connectivity index (χ1) is 11.0. The number of rotatable bonds is 4. The first-order valence-electron chi connectivity index (χ1n) is 8.62. The Balaban J connectivity index is 1.92. The molecule has 23 heavy (non-hydrogen) atoms. The topological polar surface area (TPSA) is 29.5 Å². The largest absolute Gasteiger partial charge is 0.466 e. The molecule has 1 fully saturated rings. The van der Waals surface area contributed by atoms with Crippen LogP contribution in [0.3, 0.4) is 0 Å². The molecule has 3 aliphatic rings. The van der Waals surface area contributed by atoms with E-state index < -0.39 is 0 Å². The highest BCUT2D eigenvalue weighted by Crippen LogP contribution is 2.51. The van der Waals surface area contributed by atoms with Crippen molar-refractivity contribution in [1.82, 2.24) is 4.90 Å². The fourth-order valence-electron chi connectivity index (χ4n) is 4.26. The zero-order valence-electron chi connectivity index (χ0n) is 14.6. The predicted octanol–water partition coefficient (Wildman–Crippen LogP) is 3.79. The van der Waals surface area contributed by atoms with Gasteiger partial charge in [-0.3, -0.25) is 9.69 Å². The third kappa shape index (κ3) is 2.72. The molecule has 2 aliphatic heterocycles. The second kappa shape index (κ2) is 6.12. The average Bonchev–Trinajstić information content (AvgIpc) is 2.54. The standard InChI is InChI=1S/C20H27NO2/c1-5-23-19(22)17-12-20(4)14(2)11-18(17)21(15(20)3)13-16-9-7-6-8-10-16/h6-11,15,17-18H,5,12-13H2,1-4H3. The summed E-state index contributed by atoms with van der Waals surface area (Å²) in [6, 6.07) is 11.1. The lowest BCUT2D eigenvalue weighted by molar-refractivity contribution is -0.157. The molecule has 1 aromatic rings. The summed E-state index contributed by atoms with van der Waals surface area (Å²) in [6.45, 7) is 10.0. The summed E-state index contributed by atoms with van der Waals surface area (Å²) in [6.07, 6.45) is 3.19. The molecule has 0 spiro atoms. The zero-order chi connectivity index (χ0) is 16.6. The number of carbonyl (C=O) groups is 1. The normalized spacial score (nSPS) is 33.4. The lowest BCUT2D eigenvalue weighted by Crippen LogP contribution is -2.62. The Bertz CT molecular complexity index is 609. The van der Waals surface area contributed by atoms with Crippen molar-refractivity contribution in [2.75, 3.05) is 6.61 Å². The van der Waals surface area contributed by atoms with Crippen molar-refractivity contribution in [2.45, 2.75) is 52.7 Å². The summed E-state index contributed by atoms with van der Waals surface area (Å²) in [7, 11) is 0. The van der Waals surface area contributed by atoms with Crippen LogP contribution in [-0.2, 0) is 16.1 Å². The molecule has 0 aromatic heterocycles. The molecule has 0 saturated carbocycles. The molecule has 3 heteroatoms. The maximum Gasteiger partial charge on any atom is 0.310 e. The highest BCUT2D eigenvalue weighted by molar-refractivity contribution is 5.74. The maximum atomic E-state index is 12.5. The van der Waals surface area contributed by atoms with E-state index in [9.17, 15) is 4.79 Å². The van der Waals surface area contributed by atoms with Gasteiger partial charge in [0.25, 0.3) is 0 Å². The SMILES string of the molecule is CCOC(=O)C1CC2(C)C(C)=CC1N(Cc1ccccc1)C2C. The number of nitrogens with zero attached hydrogens (tertiary/aromatic N) is 1. The second-order valence-electron chi connectivity index (χ2n) is 7.15. The summed E-state index contributed by atoms with van der Waals surface area (Å²) in [5.41, 5.74) is 2.75. The van der Waals surface area contributed by atoms with Crippen LogP contribution in [-0.4, -0.2) is 29.6 Å². The number of piperidine rings is 1. The van der Waals surface area contributed by atoms with E-state index in [1.54, 1.807) is 0 Å². The predicted molar refractivity (Wildman–Crippen MR) is 91.8 cm³/mol. The minimum absolute atomic E-state index is 0.0426. The van der Waals surface area contributed by atoms with Crippen molar-refractivity contribution in [3.63, 3.8) is 0 Å². The third-order valence-corrected chi connectivity index (χ3v) is 5.98. The van der Waals surface area contributed by atoms with E-state index in [1.807, 2.05) is 13.0 Å². The first-order valence-corrected chi connectivity index (χ1v) is 8.62. The molecular weight excluding hydrogens is 286 g/mol. The molecule has 0 N–H and O–H groups in total. The minimum atomic E-state index is -0.0523. The van der Waals surface area contributed by atoms with Gasteiger partial charge < -0.3 is 4.74 Å². The van der Waals surface area contributed by atoms with E-state index in [1.165, 1.54) is 11.1 Å². The van der Waals surface area contributed by atoms with Gasteiger partial charge in [0.15, 0.2) is 0 Å². The number of fused-ring (bicyclic) bond motifs is 2. The van der Waals surface area contributed by atoms with Crippen molar-refractivity contribution in [1.29, 1.82) is 0 Å². The number of hydrogen-bond acceptors (Lipinski definition) is 3. The molecule has 1 aromatic carbocycles. The number of hydrogen-bond donors (Lipinski definition) is 0. The number of esters is 1. The number of carbonyl (C=O) groups excluding carboxylic acids is 1. The summed E-state index contributed by atoms with van der Waals surface area (Å²) in [5.74, 6) is -0.0963. The molecule has 2 heterocycles. The molecular formula is C20H27NO2. The minimum Gasteiger partial charge on any atom is -0.466 e. The van der Waals surface area contributed by atoms with Crippen LogP contribution in [0, 0.1) is 11.3 Å². The van der Waals surface area contributed by atoms with Crippen LogP contribution in [0.15, 0.2) is 42.0 Å². The monoisotopic (exact) mass is 313 g/mol. The Hall–Kier alpha value is -1.61. The van der Waals surface area contributed by atoms with Crippen LogP contribution in [0.2, 0.25) is 0 Å². The van der Waals surface area contributed by atoms with Crippen molar-refractivity contribution in [2.24, 2.45) is 11.3 Å². The Kier molecular flexibility index (Phi) is 4.33. The van der Waals surface area contributed by atoms with Crippen molar-refractivity contribution in [3.8, 4) is 0 Å². The van der Waals surface area contributed by atoms with Crippen molar-refractivity contribution in [3.05, 3.63) is 47.5 Å². The number of ether oxygens (including phenoxy) is 1. The van der Waals surface area contributed by atoms with E-state index in [4.69, 9.17) is 4.74 Å². The summed E-state index contributed by atoms with van der Waals surface area (Å²) in [4.78, 5) is 14.9. The highest BCUT2D eigenvalue weighted by atomic mass is 16.5. The van der Waals surface area contributed by atoms with Gasteiger partial charge in [-0.15, -0.1) is 0 Å². The van der Waals surface area contributed by atoms with Gasteiger partial charge in [-0.05, 0) is 32.8 Å². The van der Waals surface area contributed by atoms with Gasteiger partial charge in [-0.25, -0.2) is 0 Å². The van der Waals surface area contributed by atoms with Gasteiger partial charge in [0.1, 0.15) is 0 Å². The Morgan fingerprint density at radius 2 is 2.04 bits per heavy atom. The summed E-state index contributed by atoms with van der Waals surface area (Å²) in [5, 5.41) is 0. The molecule has 3 nitrogen and oxygen atoms in total. The smallest absolute Gasteiger partial charge is 0.310 e. The van der Waals surface area contributed by atoms with Crippen LogP contribution in [0.25, 0.3) is 0 Å². The van der Waals surface area contributed by atoms with E-state index in [-0.39, 0.29) is 23.3 Å². The quantitative estimate of drug-likeness (QED) is 0.625. The molecule has 124 valence electrons. The van der Waals surface area contributed by atoms with Crippen LogP contribution in [0.1, 0.15) is 39.7 Å². The van der Waals surface area contributed by atoms with Gasteiger partial charge in [-0.1, -0.05) is 48.9 Å². The second-order valence-corrected chi connectivity index (χ2v) is 7.15. The molecule has 0 radical (unpaired) electrons. The van der Waals surface area contributed by atoms with Gasteiger partial charge in [0.2, 0.25) is 0 Å². The fourth-order valence-corrected chi connectivity index (χ4v) is 4.26. The first kappa shape index (κ1) is 16.3. The van der Waals surface area contributed by atoms with Gasteiger partial charge >= 0.3 is 5.97 Å². The van der Waals surface area contributed by atoms with Gasteiger partial charge in [0, 0.05) is 24.0 Å². The van der Waals surface area contributed by atoms with Gasteiger partial charge in [-0.2, -0.15) is 0 Å². The van der Waals surface area contributed by atoms with E-state index in [0.29, 0.717) is 12.6 Å². The van der Waals surface area contributed by atoms with Gasteiger partial charge in [0.05, 0.1) is 12.5 Å². The Morgan fingerprint density at radius 3 is 2.70 bits per heavy atom. The molecule has 1 saturated heterocycles. The average molecular weight is 313 g/mol. The van der Waals surface area contributed by atoms with E-state index >= 15 is 0 Å². The molecule has 4 atom stereocenters. The lowest BCUT2D eigenvalue weighted by atomic mass is 9.60. The fraction of sp³-hybridized carbons (Fsp3) is 0.550. The maximum absolute atomic E-state index is 12.5. The van der Waals surface area contributed by atoms with Crippen LogP contribution >= 0.6 is 0 Å². The van der Waals surface area contributed by atoms with E-state index in [2.05, 4.69) is 56.0 Å². The van der Waals surface area contributed by atoms with Crippen LogP contribution < -0.4 is 0 Å². The Labute approximate surface area is 139 Å². The highest BCUT2D eigenvalue weighted by Gasteiger charge is 2.53. The van der Waals surface area contributed by atoms with Crippen LogP contribution in [0.5, 0.6) is 0 Å². The summed E-state index contributed by atoms with van der Waals surface area (Å²) >= 11 is 0. The number of benzene rings is 1. The van der Waals surface area contributed by atoms with E-state index in [0.717, 1.165) is 13.0 Å². The molecule has 2 bridgehead atoms. The summed E-state index contributed by atoms with van der Waals surface area (Å²) < 4.78 is 5.35. The molecule has 0 amide bonds. The molecule has 1 aliphatic carbocycles. The lowest BCUT2D eigenvalue weighted by Gasteiger charge is -2.57. The van der Waals surface area contributed by atoms with Crippen molar-refractivity contribution < 1.29 is 9.53 Å². The molecule has 4 rings (SSSR count). The Morgan fingerprint density at radius 1 is 1.35 bits per heavy atom. The molecule has 4 unspecified atom stereocenters. The van der Waals surface area contributed by atoms with Crippen LogP contribution in [0.4, 0.5) is 0 Å². The third-order valence-electron chi connectivity index (χ3n) is 5.98. The zero-order valence-corrected chi connectivity index (χ0v) is 14.6. The van der Waals surface area contributed by atoms with Crippen molar-refractivity contribution >= 4 is 5.97 Å².